The Morgan fingerprint density at radius 3 is 2.65 bits per heavy atom. The zero-order chi connectivity index (χ0) is 27.1. The van der Waals surface area contributed by atoms with Gasteiger partial charge in [0.25, 0.3) is 0 Å². The van der Waals surface area contributed by atoms with E-state index in [-0.39, 0.29) is 23.1 Å². The van der Waals surface area contributed by atoms with E-state index < -0.39 is 53.1 Å². The summed E-state index contributed by atoms with van der Waals surface area (Å²) >= 11 is 0. The highest BCUT2D eigenvalue weighted by atomic mass is 19.4. The van der Waals surface area contributed by atoms with Crippen LogP contribution in [0.5, 0.6) is 5.75 Å². The van der Waals surface area contributed by atoms with E-state index in [0.717, 1.165) is 26.2 Å². The molecule has 0 aliphatic carbocycles. The monoisotopic (exact) mass is 528 g/mol. The number of aldehydes is 1. The summed E-state index contributed by atoms with van der Waals surface area (Å²) in [7, 11) is 1.07. The highest BCUT2D eigenvalue weighted by Crippen LogP contribution is 2.55. The van der Waals surface area contributed by atoms with Crippen molar-refractivity contribution in [1.29, 1.82) is 0 Å². The number of nitrogens with one attached hydrogen (secondary N) is 2. The third kappa shape index (κ3) is 4.56. The fraction of sp³-hybridized carbons (Fsp3) is 0.458. The number of aromatic nitrogens is 1. The smallest absolute Gasteiger partial charge is 0.417 e. The number of anilines is 2. The van der Waals surface area contributed by atoms with Crippen LogP contribution >= 0.6 is 0 Å². The molecule has 2 aliphatic heterocycles. The van der Waals surface area contributed by atoms with Crippen molar-refractivity contribution in [3.8, 4) is 5.75 Å². The van der Waals surface area contributed by atoms with E-state index >= 15 is 0 Å². The minimum absolute atomic E-state index is 0.0651. The number of hydrogen-bond donors (Lipinski definition) is 2. The minimum atomic E-state index is -4.84. The molecule has 2 amide bonds. The number of nitrogens with zero attached hydrogens (tertiary/aromatic N) is 2. The van der Waals surface area contributed by atoms with E-state index in [9.17, 15) is 31.5 Å². The summed E-state index contributed by atoms with van der Waals surface area (Å²) in [6.07, 6.45) is -4.53. The average molecular weight is 528 g/mol. The van der Waals surface area contributed by atoms with Gasteiger partial charge in [-0.3, -0.25) is 4.90 Å². The lowest BCUT2D eigenvalue weighted by Crippen LogP contribution is -2.47. The number of pyridine rings is 1. The molecule has 3 heterocycles. The molecule has 0 spiro atoms. The van der Waals surface area contributed by atoms with Crippen LogP contribution in [0.3, 0.4) is 0 Å². The van der Waals surface area contributed by atoms with E-state index in [0.29, 0.717) is 19.4 Å². The van der Waals surface area contributed by atoms with Gasteiger partial charge in [-0.15, -0.1) is 0 Å². The van der Waals surface area contributed by atoms with Crippen molar-refractivity contribution < 1.29 is 41.0 Å². The summed E-state index contributed by atoms with van der Waals surface area (Å²) in [5, 5.41) is 5.49. The van der Waals surface area contributed by atoms with E-state index in [1.165, 1.54) is 30.2 Å². The summed E-state index contributed by atoms with van der Waals surface area (Å²) in [5.41, 5.74) is -2.49. The number of urea groups is 1. The molecular weight excluding hydrogens is 503 g/mol. The molecule has 2 aliphatic rings. The lowest BCUT2D eigenvalue weighted by Gasteiger charge is -2.32. The molecule has 2 saturated heterocycles. The Labute approximate surface area is 209 Å². The van der Waals surface area contributed by atoms with E-state index in [2.05, 4.69) is 15.6 Å². The second-order valence-electron chi connectivity index (χ2n) is 9.08. The number of hydrogen-bond acceptors (Lipinski definition) is 6. The van der Waals surface area contributed by atoms with Gasteiger partial charge in [0, 0.05) is 48.4 Å². The number of carbonyl (C=O) groups excluding carboxylic acids is 2. The van der Waals surface area contributed by atoms with Crippen LogP contribution in [0.2, 0.25) is 0 Å². The second-order valence-corrected chi connectivity index (χ2v) is 9.08. The largest absolute Gasteiger partial charge is 0.493 e. The van der Waals surface area contributed by atoms with Crippen LogP contribution in [0, 0.1) is 17.6 Å². The minimum Gasteiger partial charge on any atom is -0.493 e. The van der Waals surface area contributed by atoms with Gasteiger partial charge in [-0.1, -0.05) is 13.0 Å². The SMILES string of the molecule is COc1c([C@H]2[C@H](C(C=O)Nc3ccnc(N4CCNC4=O)c3)O[C@@](C)(C(F)(F)F)[C@H]2C)ccc(F)c1F. The van der Waals surface area contributed by atoms with Gasteiger partial charge in [0.15, 0.2) is 17.2 Å². The average Bonchev–Trinajstić information content (AvgIpc) is 3.40. The zero-order valence-electron chi connectivity index (χ0n) is 20.1. The standard InChI is InChI=1S/C24H25F5N4O4/c1-12-18(14-4-5-15(25)19(26)20(14)36-3)21(37-23(12,2)24(27,28)29)16(11-34)32-13-6-7-30-17(10-13)33-9-8-31-22(33)35/h4-7,10-12,16,18,21H,8-9H2,1-3H3,(H,30,32)(H,31,35)/t12-,16?,18-,21-,23+/m0/s1. The van der Waals surface area contributed by atoms with Crippen LogP contribution < -0.4 is 20.3 Å². The van der Waals surface area contributed by atoms with Gasteiger partial charge < -0.3 is 24.9 Å². The Morgan fingerprint density at radius 2 is 2.05 bits per heavy atom. The molecule has 2 N–H and O–H groups in total. The highest BCUT2D eigenvalue weighted by molar-refractivity contribution is 5.93. The van der Waals surface area contributed by atoms with E-state index in [1.54, 1.807) is 0 Å². The van der Waals surface area contributed by atoms with Crippen molar-refractivity contribution in [3.05, 3.63) is 47.7 Å². The quantitative estimate of drug-likeness (QED) is 0.417. The number of amides is 2. The van der Waals surface area contributed by atoms with Crippen molar-refractivity contribution in [3.63, 3.8) is 0 Å². The van der Waals surface area contributed by atoms with Crippen LogP contribution in [0.15, 0.2) is 30.5 Å². The van der Waals surface area contributed by atoms with Crippen LogP contribution in [0.1, 0.15) is 25.3 Å². The molecule has 200 valence electrons. The molecule has 0 bridgehead atoms. The fourth-order valence-corrected chi connectivity index (χ4v) is 4.91. The first-order valence-electron chi connectivity index (χ1n) is 11.4. The molecule has 5 atom stereocenters. The summed E-state index contributed by atoms with van der Waals surface area (Å²) < 4.78 is 81.6. The maximum Gasteiger partial charge on any atom is 0.417 e. The number of halogens is 5. The fourth-order valence-electron chi connectivity index (χ4n) is 4.91. The van der Waals surface area contributed by atoms with Crippen molar-refractivity contribution in [1.82, 2.24) is 10.3 Å². The van der Waals surface area contributed by atoms with Gasteiger partial charge in [0.2, 0.25) is 5.82 Å². The normalized spacial score (nSPS) is 26.6. The zero-order valence-corrected chi connectivity index (χ0v) is 20.1. The first-order chi connectivity index (χ1) is 17.4. The van der Waals surface area contributed by atoms with Crippen LogP contribution in [0.25, 0.3) is 0 Å². The molecule has 2 aromatic rings. The molecule has 1 aromatic carbocycles. The summed E-state index contributed by atoms with van der Waals surface area (Å²) in [5.74, 6) is -5.42. The van der Waals surface area contributed by atoms with E-state index in [1.807, 2.05) is 0 Å². The second kappa shape index (κ2) is 9.77. The van der Waals surface area contributed by atoms with Gasteiger partial charge >= 0.3 is 12.2 Å². The van der Waals surface area contributed by atoms with Crippen LogP contribution in [-0.4, -0.2) is 61.4 Å². The molecule has 0 radical (unpaired) electrons. The lowest BCUT2D eigenvalue weighted by molar-refractivity contribution is -0.274. The summed E-state index contributed by atoms with van der Waals surface area (Å²) in [6, 6.07) is 3.15. The Morgan fingerprint density at radius 1 is 1.32 bits per heavy atom. The van der Waals surface area contributed by atoms with Crippen LogP contribution in [-0.2, 0) is 9.53 Å². The van der Waals surface area contributed by atoms with Gasteiger partial charge in [-0.2, -0.15) is 17.6 Å². The number of benzene rings is 1. The van der Waals surface area contributed by atoms with Gasteiger partial charge in [-0.25, -0.2) is 14.2 Å². The number of alkyl halides is 3. The maximum atomic E-state index is 14.6. The highest BCUT2D eigenvalue weighted by Gasteiger charge is 2.65. The Bertz CT molecular complexity index is 1200. The van der Waals surface area contributed by atoms with Crippen molar-refractivity contribution in [2.45, 2.75) is 43.7 Å². The first kappa shape index (κ1) is 26.6. The van der Waals surface area contributed by atoms with Crippen molar-refractivity contribution >= 4 is 23.8 Å². The number of ether oxygens (including phenoxy) is 2. The van der Waals surface area contributed by atoms with Crippen molar-refractivity contribution in [2.75, 3.05) is 30.4 Å². The molecule has 1 aromatic heterocycles. The lowest BCUT2D eigenvalue weighted by atomic mass is 9.76. The molecule has 1 unspecified atom stereocenters. The Kier molecular flexibility index (Phi) is 7.01. The van der Waals surface area contributed by atoms with E-state index in [4.69, 9.17) is 9.47 Å². The van der Waals surface area contributed by atoms with Crippen LogP contribution in [0.4, 0.5) is 38.3 Å². The third-order valence-corrected chi connectivity index (χ3v) is 7.06. The van der Waals surface area contributed by atoms with Crippen molar-refractivity contribution in [2.24, 2.45) is 5.92 Å². The maximum absolute atomic E-state index is 14.6. The van der Waals surface area contributed by atoms with Gasteiger partial charge in [0.1, 0.15) is 18.1 Å². The number of carbonyl (C=O) groups is 2. The predicted molar refractivity (Wildman–Crippen MR) is 123 cm³/mol. The summed E-state index contributed by atoms with van der Waals surface area (Å²) in [6.45, 7) is 2.90. The Hall–Kier alpha value is -3.48. The predicted octanol–water partition coefficient (Wildman–Crippen LogP) is 4.02. The third-order valence-electron chi connectivity index (χ3n) is 7.06. The first-order valence-corrected chi connectivity index (χ1v) is 11.4. The van der Waals surface area contributed by atoms with Gasteiger partial charge in [-0.05, 0) is 19.1 Å². The molecule has 4 rings (SSSR count). The molecule has 37 heavy (non-hydrogen) atoms. The topological polar surface area (TPSA) is 92.8 Å². The Balaban J connectivity index is 1.74. The summed E-state index contributed by atoms with van der Waals surface area (Å²) in [4.78, 5) is 29.7. The molecule has 2 fully saturated rings. The molecule has 13 heteroatoms. The molecule has 8 nitrogen and oxygen atoms in total. The van der Waals surface area contributed by atoms with Gasteiger partial charge in [0.05, 0.1) is 13.2 Å². The number of rotatable bonds is 7. The number of methoxy groups -OCH3 is 1. The molecule has 0 saturated carbocycles. The molecular formula is C24H25F5N4O4.